The lowest BCUT2D eigenvalue weighted by Crippen LogP contribution is -2.51. The van der Waals surface area contributed by atoms with Crippen LogP contribution in [-0.4, -0.2) is 73.2 Å². The minimum absolute atomic E-state index is 0.0233. The van der Waals surface area contributed by atoms with Crippen molar-refractivity contribution in [3.05, 3.63) is 0 Å². The van der Waals surface area contributed by atoms with E-state index < -0.39 is 0 Å². The first-order valence-electron chi connectivity index (χ1n) is 6.34. The maximum atomic E-state index is 11.8. The summed E-state index contributed by atoms with van der Waals surface area (Å²) in [7, 11) is 1.50. The minimum Gasteiger partial charge on any atom is -0.396 e. The van der Waals surface area contributed by atoms with Crippen molar-refractivity contribution in [2.75, 3.05) is 46.5 Å². The van der Waals surface area contributed by atoms with Gasteiger partial charge in [0, 0.05) is 46.3 Å². The van der Waals surface area contributed by atoms with Gasteiger partial charge in [0.2, 0.25) is 11.8 Å². The summed E-state index contributed by atoms with van der Waals surface area (Å²) in [4.78, 5) is 26.9. The Kier molecular flexibility index (Phi) is 6.67. The van der Waals surface area contributed by atoms with Crippen LogP contribution in [0.3, 0.4) is 0 Å². The van der Waals surface area contributed by atoms with Crippen molar-refractivity contribution in [3.8, 4) is 0 Å². The van der Waals surface area contributed by atoms with E-state index in [-0.39, 0.29) is 25.0 Å². The maximum absolute atomic E-state index is 11.8. The fourth-order valence-electron chi connectivity index (χ4n) is 1.97. The molecule has 0 aromatic carbocycles. The molecule has 1 rings (SSSR count). The highest BCUT2D eigenvalue weighted by Crippen LogP contribution is 2.06. The van der Waals surface area contributed by atoms with E-state index in [1.807, 2.05) is 0 Å². The van der Waals surface area contributed by atoms with Crippen molar-refractivity contribution in [3.63, 3.8) is 0 Å². The topological polar surface area (TPSA) is 70.1 Å². The zero-order valence-electron chi connectivity index (χ0n) is 10.9. The van der Waals surface area contributed by atoms with Crippen molar-refractivity contribution in [2.45, 2.75) is 19.3 Å². The van der Waals surface area contributed by atoms with Crippen LogP contribution in [0.15, 0.2) is 0 Å². The Morgan fingerprint density at radius 1 is 1.06 bits per heavy atom. The van der Waals surface area contributed by atoms with E-state index in [0.717, 1.165) is 6.42 Å². The molecule has 0 aromatic rings. The number of hydrogen-bond donors (Lipinski definition) is 1. The molecule has 1 fully saturated rings. The lowest BCUT2D eigenvalue weighted by molar-refractivity contribution is -0.141. The number of carbonyl (C=O) groups is 2. The highest BCUT2D eigenvalue weighted by Gasteiger charge is 2.23. The van der Waals surface area contributed by atoms with Crippen molar-refractivity contribution in [2.24, 2.45) is 0 Å². The molecule has 0 unspecified atom stereocenters. The van der Waals surface area contributed by atoms with Gasteiger partial charge in [-0.25, -0.2) is 0 Å². The molecule has 0 spiro atoms. The van der Waals surface area contributed by atoms with Crippen LogP contribution in [0.25, 0.3) is 0 Å². The first-order chi connectivity index (χ1) is 8.69. The van der Waals surface area contributed by atoms with E-state index in [1.54, 1.807) is 9.80 Å². The van der Waals surface area contributed by atoms with Crippen LogP contribution >= 0.6 is 0 Å². The second-order valence-electron chi connectivity index (χ2n) is 4.38. The summed E-state index contributed by atoms with van der Waals surface area (Å²) in [5.41, 5.74) is 0. The molecular formula is C12H22N2O4. The monoisotopic (exact) mass is 258 g/mol. The van der Waals surface area contributed by atoms with Crippen LogP contribution in [-0.2, 0) is 14.3 Å². The summed E-state index contributed by atoms with van der Waals surface area (Å²) in [5.74, 6) is 0.0900. The number of piperazine rings is 1. The van der Waals surface area contributed by atoms with Crippen molar-refractivity contribution >= 4 is 11.8 Å². The fraction of sp³-hybridized carbons (Fsp3) is 0.833. The third kappa shape index (κ3) is 4.62. The predicted octanol–water partition coefficient (Wildman–Crippen LogP) is -0.534. The smallest absolute Gasteiger partial charge is 0.248 e. The third-order valence-corrected chi connectivity index (χ3v) is 3.05. The van der Waals surface area contributed by atoms with E-state index in [4.69, 9.17) is 9.84 Å². The normalized spacial score (nSPS) is 15.9. The van der Waals surface area contributed by atoms with Crippen molar-refractivity contribution in [1.29, 1.82) is 0 Å². The number of amides is 2. The van der Waals surface area contributed by atoms with Gasteiger partial charge in [-0.3, -0.25) is 9.59 Å². The number of unbranched alkanes of at least 4 members (excludes halogenated alkanes) is 1. The number of carbonyl (C=O) groups excluding carboxylic acids is 2. The molecule has 0 radical (unpaired) electrons. The number of nitrogens with zero attached hydrogens (tertiary/aromatic N) is 2. The number of rotatable bonds is 6. The number of ether oxygens (including phenoxy) is 1. The molecule has 1 aliphatic rings. The zero-order chi connectivity index (χ0) is 13.4. The van der Waals surface area contributed by atoms with E-state index in [2.05, 4.69) is 0 Å². The number of aliphatic hydroxyl groups excluding tert-OH is 1. The van der Waals surface area contributed by atoms with Crippen LogP contribution in [0.4, 0.5) is 0 Å². The Hall–Kier alpha value is -1.14. The Labute approximate surface area is 107 Å². The minimum atomic E-state index is -0.0233. The second-order valence-corrected chi connectivity index (χ2v) is 4.38. The molecule has 1 N–H and O–H groups in total. The quantitative estimate of drug-likeness (QED) is 0.650. The van der Waals surface area contributed by atoms with Gasteiger partial charge >= 0.3 is 0 Å². The summed E-state index contributed by atoms with van der Waals surface area (Å²) in [6, 6.07) is 0. The van der Waals surface area contributed by atoms with E-state index in [1.165, 1.54) is 7.11 Å². The standard InChI is InChI=1S/C12H22N2O4/c1-18-10-12(17)14-7-5-13(6-8-14)11(16)4-2-3-9-15/h15H,2-10H2,1H3. The molecule has 0 aromatic heterocycles. The molecule has 1 saturated heterocycles. The van der Waals surface area contributed by atoms with Gasteiger partial charge in [0.1, 0.15) is 6.61 Å². The first-order valence-corrected chi connectivity index (χ1v) is 6.34. The Balaban J connectivity index is 2.26. The molecule has 2 amide bonds. The lowest BCUT2D eigenvalue weighted by atomic mass is 10.2. The van der Waals surface area contributed by atoms with Gasteiger partial charge in [-0.15, -0.1) is 0 Å². The van der Waals surface area contributed by atoms with Gasteiger partial charge in [0.25, 0.3) is 0 Å². The largest absolute Gasteiger partial charge is 0.396 e. The Bertz CT molecular complexity index is 275. The molecule has 0 aliphatic carbocycles. The van der Waals surface area contributed by atoms with E-state index >= 15 is 0 Å². The maximum Gasteiger partial charge on any atom is 0.248 e. The Morgan fingerprint density at radius 3 is 2.11 bits per heavy atom. The Morgan fingerprint density at radius 2 is 1.61 bits per heavy atom. The molecule has 1 aliphatic heterocycles. The highest BCUT2D eigenvalue weighted by atomic mass is 16.5. The summed E-state index contributed by atoms with van der Waals surface area (Å²) in [6.07, 6.45) is 1.86. The van der Waals surface area contributed by atoms with Gasteiger partial charge < -0.3 is 19.6 Å². The highest BCUT2D eigenvalue weighted by molar-refractivity contribution is 5.79. The lowest BCUT2D eigenvalue weighted by Gasteiger charge is -2.34. The van der Waals surface area contributed by atoms with E-state index in [9.17, 15) is 9.59 Å². The number of aliphatic hydroxyl groups is 1. The summed E-state index contributed by atoms with van der Waals surface area (Å²) in [6.45, 7) is 2.57. The molecule has 1 heterocycles. The van der Waals surface area contributed by atoms with Crippen LogP contribution in [0, 0.1) is 0 Å². The summed E-state index contributed by atoms with van der Waals surface area (Å²) in [5, 5.41) is 8.65. The van der Waals surface area contributed by atoms with Crippen molar-refractivity contribution in [1.82, 2.24) is 9.80 Å². The average Bonchev–Trinajstić information content (AvgIpc) is 2.39. The van der Waals surface area contributed by atoms with Gasteiger partial charge in [0.05, 0.1) is 0 Å². The summed E-state index contributed by atoms with van der Waals surface area (Å²) < 4.78 is 4.80. The van der Waals surface area contributed by atoms with Gasteiger partial charge in [-0.1, -0.05) is 0 Å². The van der Waals surface area contributed by atoms with Crippen LogP contribution in [0.5, 0.6) is 0 Å². The third-order valence-electron chi connectivity index (χ3n) is 3.05. The fourth-order valence-corrected chi connectivity index (χ4v) is 1.97. The first kappa shape index (κ1) is 14.9. The molecule has 104 valence electrons. The molecule has 0 atom stereocenters. The van der Waals surface area contributed by atoms with Crippen LogP contribution in [0.1, 0.15) is 19.3 Å². The summed E-state index contributed by atoms with van der Waals surface area (Å²) >= 11 is 0. The SMILES string of the molecule is COCC(=O)N1CCN(C(=O)CCCCO)CC1. The van der Waals surface area contributed by atoms with Gasteiger partial charge in [-0.05, 0) is 12.8 Å². The number of hydrogen-bond acceptors (Lipinski definition) is 4. The van der Waals surface area contributed by atoms with Gasteiger partial charge in [-0.2, -0.15) is 0 Å². The predicted molar refractivity (Wildman–Crippen MR) is 66.0 cm³/mol. The molecule has 6 nitrogen and oxygen atoms in total. The van der Waals surface area contributed by atoms with Crippen molar-refractivity contribution < 1.29 is 19.4 Å². The van der Waals surface area contributed by atoms with Crippen LogP contribution < -0.4 is 0 Å². The van der Waals surface area contributed by atoms with Gasteiger partial charge in [0.15, 0.2) is 0 Å². The number of methoxy groups -OCH3 is 1. The molecule has 18 heavy (non-hydrogen) atoms. The molecule has 0 bridgehead atoms. The average molecular weight is 258 g/mol. The molecule has 6 heteroatoms. The second kappa shape index (κ2) is 8.05. The molecule has 0 saturated carbocycles. The van der Waals surface area contributed by atoms with E-state index in [0.29, 0.717) is 39.0 Å². The zero-order valence-corrected chi connectivity index (χ0v) is 10.9. The van der Waals surface area contributed by atoms with Crippen LogP contribution in [0.2, 0.25) is 0 Å². The molecular weight excluding hydrogens is 236 g/mol.